The van der Waals surface area contributed by atoms with Crippen molar-refractivity contribution in [2.75, 3.05) is 12.3 Å². The molecule has 0 bridgehead atoms. The van der Waals surface area contributed by atoms with Crippen LogP contribution in [0.3, 0.4) is 0 Å². The normalized spacial score (nSPS) is 18.6. The fraction of sp³-hybridized carbons (Fsp3) is 0.500. The first-order chi connectivity index (χ1) is 9.99. The molecule has 4 nitrogen and oxygen atoms in total. The highest BCUT2D eigenvalue weighted by Crippen LogP contribution is 2.25. The highest BCUT2D eigenvalue weighted by molar-refractivity contribution is 8.00. The van der Waals surface area contributed by atoms with Crippen LogP contribution < -0.4 is 5.73 Å². The number of nitrogens with two attached hydrogens (primary N) is 1. The SMILES string of the molecule is Cc1ccc(SCC(=O)N2CCCC[C@@H]2C(N)=O)c(C)c1. The number of aryl methyl sites for hydroxylation is 2. The summed E-state index contributed by atoms with van der Waals surface area (Å²) in [5.41, 5.74) is 7.80. The Kier molecular flexibility index (Phi) is 5.28. The van der Waals surface area contributed by atoms with Gasteiger partial charge in [0, 0.05) is 11.4 Å². The number of piperidine rings is 1. The van der Waals surface area contributed by atoms with Crippen LogP contribution in [0.15, 0.2) is 23.1 Å². The second-order valence-electron chi connectivity index (χ2n) is 5.56. The largest absolute Gasteiger partial charge is 0.368 e. The van der Waals surface area contributed by atoms with Gasteiger partial charge in [0.05, 0.1) is 5.75 Å². The lowest BCUT2D eigenvalue weighted by molar-refractivity contribution is -0.138. The summed E-state index contributed by atoms with van der Waals surface area (Å²) in [5, 5.41) is 0. The second-order valence-corrected chi connectivity index (χ2v) is 6.58. The molecule has 5 heteroatoms. The number of amides is 2. The molecule has 0 unspecified atom stereocenters. The zero-order valence-corrected chi connectivity index (χ0v) is 13.4. The molecule has 1 aromatic carbocycles. The van der Waals surface area contributed by atoms with Gasteiger partial charge in [-0.25, -0.2) is 0 Å². The van der Waals surface area contributed by atoms with Gasteiger partial charge in [-0.05, 0) is 44.7 Å². The van der Waals surface area contributed by atoms with Crippen molar-refractivity contribution in [2.24, 2.45) is 5.73 Å². The molecule has 0 radical (unpaired) electrons. The van der Waals surface area contributed by atoms with E-state index in [1.54, 1.807) is 4.90 Å². The fourth-order valence-corrected chi connectivity index (χ4v) is 3.61. The number of rotatable bonds is 4. The van der Waals surface area contributed by atoms with Crippen LogP contribution in [0.5, 0.6) is 0 Å². The van der Waals surface area contributed by atoms with E-state index in [1.807, 2.05) is 19.1 Å². The molecule has 2 rings (SSSR count). The molecule has 21 heavy (non-hydrogen) atoms. The summed E-state index contributed by atoms with van der Waals surface area (Å²) >= 11 is 1.53. The summed E-state index contributed by atoms with van der Waals surface area (Å²) in [7, 11) is 0. The number of nitrogens with zero attached hydrogens (tertiary/aromatic N) is 1. The van der Waals surface area contributed by atoms with Gasteiger partial charge in [-0.1, -0.05) is 17.7 Å². The number of hydrogen-bond donors (Lipinski definition) is 1. The quantitative estimate of drug-likeness (QED) is 0.868. The van der Waals surface area contributed by atoms with Crippen LogP contribution >= 0.6 is 11.8 Å². The summed E-state index contributed by atoms with van der Waals surface area (Å²) in [4.78, 5) is 26.6. The first kappa shape index (κ1) is 15.9. The Morgan fingerprint density at radius 1 is 1.33 bits per heavy atom. The van der Waals surface area contributed by atoms with Gasteiger partial charge in [0.25, 0.3) is 0 Å². The van der Waals surface area contributed by atoms with E-state index in [-0.39, 0.29) is 11.8 Å². The minimum Gasteiger partial charge on any atom is -0.368 e. The van der Waals surface area contributed by atoms with Gasteiger partial charge in [0.1, 0.15) is 6.04 Å². The molecule has 2 amide bonds. The van der Waals surface area contributed by atoms with E-state index < -0.39 is 6.04 Å². The van der Waals surface area contributed by atoms with Crippen molar-refractivity contribution >= 4 is 23.6 Å². The molecule has 1 fully saturated rings. The lowest BCUT2D eigenvalue weighted by Crippen LogP contribution is -2.51. The number of likely N-dealkylation sites (tertiary alicyclic amines) is 1. The van der Waals surface area contributed by atoms with E-state index in [9.17, 15) is 9.59 Å². The number of benzene rings is 1. The van der Waals surface area contributed by atoms with Crippen molar-refractivity contribution in [3.8, 4) is 0 Å². The number of carbonyl (C=O) groups is 2. The number of hydrogen-bond acceptors (Lipinski definition) is 3. The molecular weight excluding hydrogens is 284 g/mol. The predicted molar refractivity (Wildman–Crippen MR) is 85.2 cm³/mol. The Hall–Kier alpha value is -1.49. The molecule has 0 spiro atoms. The first-order valence-corrected chi connectivity index (χ1v) is 8.26. The van der Waals surface area contributed by atoms with Gasteiger partial charge in [-0.2, -0.15) is 0 Å². The van der Waals surface area contributed by atoms with E-state index in [0.29, 0.717) is 18.7 Å². The Bertz CT molecular complexity index is 545. The first-order valence-electron chi connectivity index (χ1n) is 7.28. The topological polar surface area (TPSA) is 63.4 Å². The molecule has 1 atom stereocenters. The maximum atomic E-state index is 12.4. The number of thioether (sulfide) groups is 1. The Morgan fingerprint density at radius 2 is 2.10 bits per heavy atom. The van der Waals surface area contributed by atoms with Crippen LogP contribution in [0.25, 0.3) is 0 Å². The van der Waals surface area contributed by atoms with E-state index in [1.165, 1.54) is 22.9 Å². The molecule has 114 valence electrons. The summed E-state index contributed by atoms with van der Waals surface area (Å²) in [6.07, 6.45) is 2.60. The van der Waals surface area contributed by atoms with Crippen molar-refractivity contribution in [2.45, 2.75) is 44.0 Å². The molecular formula is C16H22N2O2S. The van der Waals surface area contributed by atoms with Gasteiger partial charge in [0.15, 0.2) is 0 Å². The van der Waals surface area contributed by atoms with Crippen LogP contribution in [0, 0.1) is 13.8 Å². The van der Waals surface area contributed by atoms with Gasteiger partial charge < -0.3 is 10.6 Å². The van der Waals surface area contributed by atoms with Gasteiger partial charge in [0.2, 0.25) is 11.8 Å². The highest BCUT2D eigenvalue weighted by Gasteiger charge is 2.30. The summed E-state index contributed by atoms with van der Waals surface area (Å²) in [6.45, 7) is 4.74. The molecule has 1 aromatic rings. The van der Waals surface area contributed by atoms with Crippen LogP contribution in [0.2, 0.25) is 0 Å². The van der Waals surface area contributed by atoms with Crippen molar-refractivity contribution < 1.29 is 9.59 Å². The van der Waals surface area contributed by atoms with Crippen LogP contribution in [0.1, 0.15) is 30.4 Å². The van der Waals surface area contributed by atoms with Crippen molar-refractivity contribution in [1.82, 2.24) is 4.90 Å². The average Bonchev–Trinajstić information content (AvgIpc) is 2.46. The summed E-state index contributed by atoms with van der Waals surface area (Å²) in [5.74, 6) is -0.0312. The number of primary amides is 1. The van der Waals surface area contributed by atoms with Crippen molar-refractivity contribution in [3.05, 3.63) is 29.3 Å². The third-order valence-electron chi connectivity index (χ3n) is 3.83. The van der Waals surface area contributed by atoms with Gasteiger partial charge in [-0.15, -0.1) is 11.8 Å². The molecule has 1 aliphatic rings. The monoisotopic (exact) mass is 306 g/mol. The zero-order chi connectivity index (χ0) is 15.4. The molecule has 0 aliphatic carbocycles. The predicted octanol–water partition coefficient (Wildman–Crippen LogP) is 2.26. The Balaban J connectivity index is 1.98. The average molecular weight is 306 g/mol. The molecule has 1 saturated heterocycles. The lowest BCUT2D eigenvalue weighted by Gasteiger charge is -2.33. The Labute approximate surface area is 130 Å². The second kappa shape index (κ2) is 6.98. The van der Waals surface area contributed by atoms with E-state index in [2.05, 4.69) is 13.0 Å². The van der Waals surface area contributed by atoms with Crippen LogP contribution in [-0.2, 0) is 9.59 Å². The third kappa shape index (κ3) is 4.00. The zero-order valence-electron chi connectivity index (χ0n) is 12.6. The highest BCUT2D eigenvalue weighted by atomic mass is 32.2. The molecule has 0 aromatic heterocycles. The maximum absolute atomic E-state index is 12.4. The minimum absolute atomic E-state index is 0.00322. The van der Waals surface area contributed by atoms with Gasteiger partial charge >= 0.3 is 0 Å². The number of carbonyl (C=O) groups excluding carboxylic acids is 2. The molecule has 1 heterocycles. The lowest BCUT2D eigenvalue weighted by atomic mass is 10.0. The van der Waals surface area contributed by atoms with Crippen molar-refractivity contribution in [1.29, 1.82) is 0 Å². The maximum Gasteiger partial charge on any atom is 0.240 e. The fourth-order valence-electron chi connectivity index (χ4n) is 2.71. The molecule has 0 saturated carbocycles. The van der Waals surface area contributed by atoms with Crippen molar-refractivity contribution in [3.63, 3.8) is 0 Å². The smallest absolute Gasteiger partial charge is 0.240 e. The standard InChI is InChI=1S/C16H22N2O2S/c1-11-6-7-14(12(2)9-11)21-10-15(19)18-8-4-3-5-13(18)16(17)20/h6-7,9,13H,3-5,8,10H2,1-2H3,(H2,17,20)/t13-/m1/s1. The van der Waals surface area contributed by atoms with Crippen LogP contribution in [0.4, 0.5) is 0 Å². The third-order valence-corrected chi connectivity index (χ3v) is 4.99. The molecule has 2 N–H and O–H groups in total. The van der Waals surface area contributed by atoms with E-state index >= 15 is 0 Å². The minimum atomic E-state index is -0.425. The van der Waals surface area contributed by atoms with E-state index in [0.717, 1.165) is 17.7 Å². The van der Waals surface area contributed by atoms with Crippen LogP contribution in [-0.4, -0.2) is 35.1 Å². The summed E-state index contributed by atoms with van der Waals surface area (Å²) in [6, 6.07) is 5.78. The van der Waals surface area contributed by atoms with Gasteiger partial charge in [-0.3, -0.25) is 9.59 Å². The molecule has 1 aliphatic heterocycles. The summed E-state index contributed by atoms with van der Waals surface area (Å²) < 4.78 is 0. The van der Waals surface area contributed by atoms with E-state index in [4.69, 9.17) is 5.73 Å². The Morgan fingerprint density at radius 3 is 2.76 bits per heavy atom.